The van der Waals surface area contributed by atoms with Gasteiger partial charge in [-0.3, -0.25) is 4.79 Å². The zero-order valence-corrected chi connectivity index (χ0v) is 18.8. The highest BCUT2D eigenvalue weighted by Gasteiger charge is 2.30. The van der Waals surface area contributed by atoms with Crippen molar-refractivity contribution in [1.29, 1.82) is 0 Å². The number of nitrogens with zero attached hydrogens (tertiary/aromatic N) is 3. The number of ether oxygens (including phenoxy) is 1. The lowest BCUT2D eigenvalue weighted by molar-refractivity contribution is 0.0200. The Hall–Kier alpha value is -2.69. The molecular formula is C20H27F2N5O3S. The molecule has 2 aromatic rings. The van der Waals surface area contributed by atoms with Crippen molar-refractivity contribution < 1.29 is 23.1 Å². The van der Waals surface area contributed by atoms with Crippen LogP contribution in [0.3, 0.4) is 0 Å². The summed E-state index contributed by atoms with van der Waals surface area (Å²) >= 11 is 0.916. The number of anilines is 2. The second-order valence-electron chi connectivity index (χ2n) is 8.57. The zero-order valence-electron chi connectivity index (χ0n) is 17.9. The lowest BCUT2D eigenvalue weighted by Crippen LogP contribution is -2.47. The van der Waals surface area contributed by atoms with Gasteiger partial charge in [0.25, 0.3) is 12.3 Å². The fraction of sp³-hybridized carbons (Fsp3) is 0.550. The number of rotatable bonds is 4. The molecule has 1 saturated heterocycles. The number of thiophene rings is 1. The van der Waals surface area contributed by atoms with E-state index in [1.807, 2.05) is 25.7 Å². The van der Waals surface area contributed by atoms with Gasteiger partial charge in [-0.2, -0.15) is 0 Å². The average molecular weight is 456 g/mol. The number of nitrogens with two attached hydrogens (primary N) is 2. The lowest BCUT2D eigenvalue weighted by atomic mass is 10.0. The van der Waals surface area contributed by atoms with E-state index in [1.165, 1.54) is 6.07 Å². The number of primary amides is 1. The summed E-state index contributed by atoms with van der Waals surface area (Å²) in [7, 11) is 1.70. The van der Waals surface area contributed by atoms with E-state index in [4.69, 9.17) is 16.2 Å². The maximum atomic E-state index is 13.8. The van der Waals surface area contributed by atoms with E-state index in [1.54, 1.807) is 11.9 Å². The number of halogens is 2. The summed E-state index contributed by atoms with van der Waals surface area (Å²) in [5.41, 5.74) is 10.3. The molecule has 1 fully saturated rings. The normalized spacial score (nSPS) is 15.5. The summed E-state index contributed by atoms with van der Waals surface area (Å²) in [5, 5.41) is 0.0806. The third-order valence-electron chi connectivity index (χ3n) is 5.19. The highest BCUT2D eigenvalue weighted by molar-refractivity contribution is 7.21. The largest absolute Gasteiger partial charge is 0.444 e. The number of amides is 2. The van der Waals surface area contributed by atoms with Gasteiger partial charge in [0.15, 0.2) is 0 Å². The number of nitrogen functional groups attached to an aromatic ring is 1. The van der Waals surface area contributed by atoms with E-state index in [0.717, 1.165) is 11.3 Å². The molecule has 3 heterocycles. The van der Waals surface area contributed by atoms with Crippen molar-refractivity contribution in [3.8, 4) is 0 Å². The molecule has 0 spiro atoms. The van der Waals surface area contributed by atoms with E-state index in [-0.39, 0.29) is 32.4 Å². The molecule has 0 saturated carbocycles. The molecule has 8 nitrogen and oxygen atoms in total. The second kappa shape index (κ2) is 8.45. The minimum absolute atomic E-state index is 0.0248. The number of carbonyl (C=O) groups is 2. The SMILES string of the molecule is CN(C(=O)OC(C)(C)C)C1CCN(c2cc(C(F)F)c3c(N)c(C(N)=O)sc3n2)CC1. The number of pyridine rings is 1. The van der Waals surface area contributed by atoms with E-state index in [0.29, 0.717) is 31.7 Å². The van der Waals surface area contributed by atoms with Crippen LogP contribution in [0.25, 0.3) is 10.2 Å². The molecule has 0 aliphatic carbocycles. The summed E-state index contributed by atoms with van der Waals surface area (Å²) < 4.78 is 32.9. The van der Waals surface area contributed by atoms with Gasteiger partial charge in [-0.15, -0.1) is 11.3 Å². The third kappa shape index (κ3) is 4.81. The molecule has 3 rings (SSSR count). The Morgan fingerprint density at radius 3 is 2.45 bits per heavy atom. The molecule has 0 aromatic carbocycles. The third-order valence-corrected chi connectivity index (χ3v) is 6.31. The summed E-state index contributed by atoms with van der Waals surface area (Å²) in [4.78, 5) is 32.1. The zero-order chi connectivity index (χ0) is 23.1. The fourth-order valence-corrected chi connectivity index (χ4v) is 4.59. The molecule has 2 aromatic heterocycles. The summed E-state index contributed by atoms with van der Waals surface area (Å²) in [6.07, 6.45) is -1.90. The maximum Gasteiger partial charge on any atom is 0.410 e. The highest BCUT2D eigenvalue weighted by atomic mass is 32.1. The van der Waals surface area contributed by atoms with Crippen LogP contribution in [-0.4, -0.2) is 53.7 Å². The highest BCUT2D eigenvalue weighted by Crippen LogP contribution is 2.40. The van der Waals surface area contributed by atoms with Gasteiger partial charge in [-0.25, -0.2) is 18.6 Å². The van der Waals surface area contributed by atoms with Gasteiger partial charge in [0.2, 0.25) is 0 Å². The van der Waals surface area contributed by atoms with Crippen molar-refractivity contribution in [2.24, 2.45) is 5.73 Å². The molecule has 170 valence electrons. The van der Waals surface area contributed by atoms with Gasteiger partial charge < -0.3 is 26.0 Å². The molecule has 0 unspecified atom stereocenters. The Labute approximate surface area is 183 Å². The number of hydrogen-bond acceptors (Lipinski definition) is 7. The molecule has 1 aliphatic rings. The second-order valence-corrected chi connectivity index (χ2v) is 9.57. The summed E-state index contributed by atoms with van der Waals surface area (Å²) in [6.45, 7) is 6.49. The molecule has 2 amide bonds. The Morgan fingerprint density at radius 2 is 1.94 bits per heavy atom. The number of piperidine rings is 1. The first-order valence-electron chi connectivity index (χ1n) is 9.90. The fourth-order valence-electron chi connectivity index (χ4n) is 3.62. The first-order chi connectivity index (χ1) is 14.4. The van der Waals surface area contributed by atoms with Gasteiger partial charge >= 0.3 is 6.09 Å². The van der Waals surface area contributed by atoms with E-state index in [2.05, 4.69) is 4.98 Å². The molecule has 1 aliphatic heterocycles. The van der Waals surface area contributed by atoms with Crippen LogP contribution >= 0.6 is 11.3 Å². The van der Waals surface area contributed by atoms with Crippen LogP contribution in [0.5, 0.6) is 0 Å². The van der Waals surface area contributed by atoms with Gasteiger partial charge in [-0.05, 0) is 39.7 Å². The van der Waals surface area contributed by atoms with Crippen LogP contribution in [0, 0.1) is 0 Å². The van der Waals surface area contributed by atoms with Crippen LogP contribution in [-0.2, 0) is 4.74 Å². The van der Waals surface area contributed by atoms with Crippen LogP contribution in [0.15, 0.2) is 6.07 Å². The Bertz CT molecular complexity index is 997. The van der Waals surface area contributed by atoms with Gasteiger partial charge in [0, 0.05) is 37.1 Å². The number of alkyl halides is 2. The predicted molar refractivity (Wildman–Crippen MR) is 117 cm³/mol. The van der Waals surface area contributed by atoms with Crippen molar-refractivity contribution in [1.82, 2.24) is 9.88 Å². The maximum absolute atomic E-state index is 13.8. The lowest BCUT2D eigenvalue weighted by Gasteiger charge is -2.37. The van der Waals surface area contributed by atoms with Crippen LogP contribution in [0.2, 0.25) is 0 Å². The first kappa shape index (κ1) is 23.0. The van der Waals surface area contributed by atoms with Gasteiger partial charge in [0.1, 0.15) is 21.1 Å². The topological polar surface area (TPSA) is 115 Å². The Kier molecular flexibility index (Phi) is 6.26. The van der Waals surface area contributed by atoms with Crippen LogP contribution in [0.1, 0.15) is 55.3 Å². The standard InChI is InChI=1S/C20H27F2N5O3S/c1-20(2,3)30-19(29)26(4)10-5-7-27(8-6-10)12-9-11(16(21)22)13-14(23)15(17(24)28)31-18(13)25-12/h9-10,16H,5-8,23H2,1-4H3,(H2,24,28). The summed E-state index contributed by atoms with van der Waals surface area (Å²) in [6, 6.07) is 1.29. The molecule has 0 bridgehead atoms. The number of fused-ring (bicyclic) bond motifs is 1. The number of hydrogen-bond donors (Lipinski definition) is 2. The summed E-state index contributed by atoms with van der Waals surface area (Å²) in [5.74, 6) is -0.383. The average Bonchev–Trinajstić information content (AvgIpc) is 3.02. The van der Waals surface area contributed by atoms with Crippen molar-refractivity contribution in [3.63, 3.8) is 0 Å². The van der Waals surface area contributed by atoms with Crippen molar-refractivity contribution in [3.05, 3.63) is 16.5 Å². The quantitative estimate of drug-likeness (QED) is 0.726. The Balaban J connectivity index is 1.81. The molecule has 0 radical (unpaired) electrons. The predicted octanol–water partition coefficient (Wildman–Crippen LogP) is 3.75. The van der Waals surface area contributed by atoms with Gasteiger partial charge in [-0.1, -0.05) is 0 Å². The van der Waals surface area contributed by atoms with Crippen LogP contribution < -0.4 is 16.4 Å². The van der Waals surface area contributed by atoms with Crippen LogP contribution in [0.4, 0.5) is 25.1 Å². The molecule has 11 heteroatoms. The molecular weight excluding hydrogens is 428 g/mol. The van der Waals surface area contributed by atoms with Crippen molar-refractivity contribution >= 4 is 45.1 Å². The van der Waals surface area contributed by atoms with E-state index >= 15 is 0 Å². The first-order valence-corrected chi connectivity index (χ1v) is 10.7. The van der Waals surface area contributed by atoms with E-state index in [9.17, 15) is 18.4 Å². The molecule has 31 heavy (non-hydrogen) atoms. The smallest absolute Gasteiger partial charge is 0.410 e. The Morgan fingerprint density at radius 1 is 1.32 bits per heavy atom. The molecule has 0 atom stereocenters. The van der Waals surface area contributed by atoms with Crippen molar-refractivity contribution in [2.75, 3.05) is 30.8 Å². The molecule has 4 N–H and O–H groups in total. The van der Waals surface area contributed by atoms with Gasteiger partial charge in [0.05, 0.1) is 5.69 Å². The minimum Gasteiger partial charge on any atom is -0.444 e. The van der Waals surface area contributed by atoms with Crippen molar-refractivity contribution in [2.45, 2.75) is 51.7 Å². The monoisotopic (exact) mass is 455 g/mol. The number of aromatic nitrogens is 1. The van der Waals surface area contributed by atoms with E-state index < -0.39 is 24.0 Å². The number of carbonyl (C=O) groups excluding carboxylic acids is 2. The minimum atomic E-state index is -2.78.